The Morgan fingerprint density at radius 3 is 2.72 bits per heavy atom. The van der Waals surface area contributed by atoms with E-state index in [4.69, 9.17) is 16.7 Å². The maximum absolute atomic E-state index is 12.0. The zero-order valence-corrected chi connectivity index (χ0v) is 14.6. The molecule has 3 rings (SSSR count). The highest BCUT2D eigenvalue weighted by Crippen LogP contribution is 2.24. The third-order valence-electron chi connectivity index (χ3n) is 4.82. The summed E-state index contributed by atoms with van der Waals surface area (Å²) < 4.78 is 0. The van der Waals surface area contributed by atoms with Gasteiger partial charge in [0.05, 0.1) is 5.92 Å². The van der Waals surface area contributed by atoms with Crippen LogP contribution in [0.25, 0.3) is 10.9 Å². The van der Waals surface area contributed by atoms with Crippen LogP contribution in [0, 0.1) is 5.92 Å². The minimum Gasteiger partial charge on any atom is -0.481 e. The van der Waals surface area contributed by atoms with Gasteiger partial charge in [-0.25, -0.2) is 4.79 Å². The van der Waals surface area contributed by atoms with Gasteiger partial charge in [-0.2, -0.15) is 0 Å². The Morgan fingerprint density at radius 2 is 2.00 bits per heavy atom. The maximum Gasteiger partial charge on any atom is 0.315 e. The van der Waals surface area contributed by atoms with Gasteiger partial charge in [0.25, 0.3) is 0 Å². The Morgan fingerprint density at radius 1 is 1.24 bits per heavy atom. The number of hydrogen-bond donors (Lipinski definition) is 4. The number of H-pyrrole nitrogens is 1. The number of amides is 2. The van der Waals surface area contributed by atoms with Crippen molar-refractivity contribution < 1.29 is 14.7 Å². The predicted octanol–water partition coefficient (Wildman–Crippen LogP) is 3.31. The maximum atomic E-state index is 12.0. The zero-order chi connectivity index (χ0) is 17.8. The smallest absolute Gasteiger partial charge is 0.315 e. The van der Waals surface area contributed by atoms with Crippen molar-refractivity contribution in [3.05, 3.63) is 35.0 Å². The molecular formula is C18H22ClN3O3. The van der Waals surface area contributed by atoms with Crippen LogP contribution >= 0.6 is 11.6 Å². The number of rotatable bonds is 5. The number of nitrogens with one attached hydrogen (secondary N) is 3. The summed E-state index contributed by atoms with van der Waals surface area (Å²) in [5, 5.41) is 16.6. The molecule has 0 atom stereocenters. The third-order valence-corrected chi connectivity index (χ3v) is 5.06. The van der Waals surface area contributed by atoms with Crippen LogP contribution in [0.3, 0.4) is 0 Å². The van der Waals surface area contributed by atoms with Crippen molar-refractivity contribution >= 4 is 34.5 Å². The number of halogens is 1. The lowest BCUT2D eigenvalue weighted by molar-refractivity contribution is -0.142. The van der Waals surface area contributed by atoms with E-state index < -0.39 is 5.97 Å². The van der Waals surface area contributed by atoms with Crippen LogP contribution in [0.2, 0.25) is 5.02 Å². The number of carbonyl (C=O) groups excluding carboxylic acids is 1. The highest BCUT2D eigenvalue weighted by atomic mass is 35.5. The van der Waals surface area contributed by atoms with Crippen molar-refractivity contribution in [1.29, 1.82) is 0 Å². The largest absolute Gasteiger partial charge is 0.481 e. The topological polar surface area (TPSA) is 94.2 Å². The highest BCUT2D eigenvalue weighted by molar-refractivity contribution is 6.31. The number of benzene rings is 1. The number of aliphatic carboxylic acids is 1. The average molecular weight is 364 g/mol. The first-order chi connectivity index (χ1) is 12.0. The van der Waals surface area contributed by atoms with Crippen LogP contribution in [0.5, 0.6) is 0 Å². The molecule has 1 aromatic carbocycles. The lowest BCUT2D eigenvalue weighted by atomic mass is 9.86. The molecule has 0 radical (unpaired) electrons. The van der Waals surface area contributed by atoms with Crippen molar-refractivity contribution in [2.45, 2.75) is 38.1 Å². The summed E-state index contributed by atoms with van der Waals surface area (Å²) in [6.45, 7) is 0.524. The van der Waals surface area contributed by atoms with E-state index in [1.165, 1.54) is 0 Å². The minimum absolute atomic E-state index is 0.0579. The van der Waals surface area contributed by atoms with Gasteiger partial charge in [0.15, 0.2) is 0 Å². The van der Waals surface area contributed by atoms with E-state index in [1.807, 2.05) is 24.4 Å². The summed E-state index contributed by atoms with van der Waals surface area (Å²) in [7, 11) is 0. The van der Waals surface area contributed by atoms with Crippen molar-refractivity contribution in [2.24, 2.45) is 5.92 Å². The summed E-state index contributed by atoms with van der Waals surface area (Å²) in [6, 6.07) is 5.56. The second-order valence-corrected chi connectivity index (χ2v) is 6.98. The summed E-state index contributed by atoms with van der Waals surface area (Å²) in [5.41, 5.74) is 2.14. The zero-order valence-electron chi connectivity index (χ0n) is 13.8. The number of carboxylic acid groups (broad SMARTS) is 1. The van der Waals surface area contributed by atoms with E-state index in [0.29, 0.717) is 43.7 Å². The van der Waals surface area contributed by atoms with E-state index in [2.05, 4.69) is 15.6 Å². The van der Waals surface area contributed by atoms with Crippen LogP contribution in [0.4, 0.5) is 4.79 Å². The van der Waals surface area contributed by atoms with Crippen LogP contribution in [0.15, 0.2) is 24.4 Å². The molecular weight excluding hydrogens is 342 g/mol. The average Bonchev–Trinajstić information content (AvgIpc) is 2.97. The summed E-state index contributed by atoms with van der Waals surface area (Å²) in [6.07, 6.45) is 5.32. The van der Waals surface area contributed by atoms with E-state index in [0.717, 1.165) is 16.5 Å². The van der Waals surface area contributed by atoms with E-state index in [1.54, 1.807) is 0 Å². The molecule has 1 fully saturated rings. The van der Waals surface area contributed by atoms with Crippen molar-refractivity contribution in [2.75, 3.05) is 6.54 Å². The molecule has 4 N–H and O–H groups in total. The van der Waals surface area contributed by atoms with Crippen molar-refractivity contribution in [1.82, 2.24) is 15.6 Å². The highest BCUT2D eigenvalue weighted by Gasteiger charge is 2.26. The molecule has 0 spiro atoms. The lowest BCUT2D eigenvalue weighted by Crippen LogP contribution is -2.44. The number of aromatic nitrogens is 1. The first-order valence-corrected chi connectivity index (χ1v) is 8.93. The number of hydrogen-bond acceptors (Lipinski definition) is 2. The van der Waals surface area contributed by atoms with Gasteiger partial charge in [-0.3, -0.25) is 4.79 Å². The third kappa shape index (κ3) is 4.45. The van der Waals surface area contributed by atoms with Crippen LogP contribution < -0.4 is 10.6 Å². The van der Waals surface area contributed by atoms with Gasteiger partial charge in [-0.15, -0.1) is 0 Å². The fourth-order valence-corrected chi connectivity index (χ4v) is 3.56. The molecule has 0 unspecified atom stereocenters. The molecule has 0 bridgehead atoms. The van der Waals surface area contributed by atoms with Crippen molar-refractivity contribution in [3.63, 3.8) is 0 Å². The fraction of sp³-hybridized carbons (Fsp3) is 0.444. The molecule has 1 saturated carbocycles. The van der Waals surface area contributed by atoms with Gasteiger partial charge < -0.3 is 20.7 Å². The van der Waals surface area contributed by atoms with Crippen LogP contribution in [-0.4, -0.2) is 34.7 Å². The second kappa shape index (κ2) is 7.78. The Balaban J connectivity index is 1.43. The number of fused-ring (bicyclic) bond motifs is 1. The van der Waals surface area contributed by atoms with Crippen LogP contribution in [0.1, 0.15) is 31.2 Å². The molecule has 7 heteroatoms. The predicted molar refractivity (Wildman–Crippen MR) is 96.9 cm³/mol. The van der Waals surface area contributed by atoms with Gasteiger partial charge in [0.1, 0.15) is 0 Å². The standard InChI is InChI=1S/C18H22ClN3O3/c19-13-3-6-16-15(9-13)12(10-21-16)7-8-20-18(25)22-14-4-1-11(2-5-14)17(23)24/h3,6,9-11,14,21H,1-2,4-5,7-8H2,(H,23,24)(H2,20,22,25). The summed E-state index contributed by atoms with van der Waals surface area (Å²) >= 11 is 6.04. The number of carbonyl (C=O) groups is 2. The first kappa shape index (κ1) is 17.6. The molecule has 0 saturated heterocycles. The molecule has 1 aliphatic rings. The van der Waals surface area contributed by atoms with Crippen molar-refractivity contribution in [3.8, 4) is 0 Å². The molecule has 2 amide bonds. The van der Waals surface area contributed by atoms with E-state index in [-0.39, 0.29) is 18.0 Å². The first-order valence-electron chi connectivity index (χ1n) is 8.55. The molecule has 134 valence electrons. The number of carboxylic acids is 1. The normalized spacial score (nSPS) is 20.4. The molecule has 1 heterocycles. The fourth-order valence-electron chi connectivity index (χ4n) is 3.39. The monoisotopic (exact) mass is 363 g/mol. The van der Waals surface area contributed by atoms with Gasteiger partial charge >= 0.3 is 12.0 Å². The van der Waals surface area contributed by atoms with E-state index >= 15 is 0 Å². The Hall–Kier alpha value is -2.21. The quantitative estimate of drug-likeness (QED) is 0.656. The minimum atomic E-state index is -0.735. The molecule has 2 aromatic rings. The molecule has 25 heavy (non-hydrogen) atoms. The van der Waals surface area contributed by atoms with Crippen LogP contribution in [-0.2, 0) is 11.2 Å². The Kier molecular flexibility index (Phi) is 5.48. The van der Waals surface area contributed by atoms with Gasteiger partial charge in [0, 0.05) is 34.7 Å². The molecule has 6 nitrogen and oxygen atoms in total. The van der Waals surface area contributed by atoms with Gasteiger partial charge in [-0.1, -0.05) is 11.6 Å². The number of urea groups is 1. The summed E-state index contributed by atoms with van der Waals surface area (Å²) in [5.74, 6) is -1.00. The Labute approximate surface area is 150 Å². The SMILES string of the molecule is O=C(NCCc1c[nH]c2ccc(Cl)cc12)NC1CCC(C(=O)O)CC1. The van der Waals surface area contributed by atoms with E-state index in [9.17, 15) is 9.59 Å². The molecule has 1 aliphatic carbocycles. The number of aromatic amines is 1. The lowest BCUT2D eigenvalue weighted by Gasteiger charge is -2.26. The van der Waals surface area contributed by atoms with Gasteiger partial charge in [-0.05, 0) is 55.9 Å². The van der Waals surface area contributed by atoms with Gasteiger partial charge in [0.2, 0.25) is 0 Å². The summed E-state index contributed by atoms with van der Waals surface area (Å²) in [4.78, 5) is 26.1. The molecule has 0 aliphatic heterocycles. The molecule has 1 aromatic heterocycles. The Bertz CT molecular complexity index is 766. The second-order valence-electron chi connectivity index (χ2n) is 6.54.